The third kappa shape index (κ3) is 5.26. The van der Waals surface area contributed by atoms with E-state index in [-0.39, 0.29) is 0 Å². The van der Waals surface area contributed by atoms with Crippen LogP contribution in [0, 0.1) is 0 Å². The van der Waals surface area contributed by atoms with Crippen molar-refractivity contribution in [2.24, 2.45) is 0 Å². The van der Waals surface area contributed by atoms with Gasteiger partial charge in [-0.15, -0.1) is 0 Å². The predicted molar refractivity (Wildman–Crippen MR) is 237 cm³/mol. The highest BCUT2D eigenvalue weighted by molar-refractivity contribution is 6.23. The second-order valence-corrected chi connectivity index (χ2v) is 14.5. The van der Waals surface area contributed by atoms with E-state index in [1.807, 2.05) is 0 Å². The highest BCUT2D eigenvalue weighted by Gasteiger charge is 2.22. The standard InChI is InChI=1S/C54H35NO/c1-3-15-36(16-4-1)37-27-29-41(30-28-37)55(51-26-14-13-22-44(51)38-17-5-2-6-18-38)42-31-32-48-50-34-40-20-8-10-23-45(40)53(54(50)56-52(48)35-42)49-33-39-19-7-9-21-43(39)46-24-11-12-25-47(46)49/h1-35H. The van der Waals surface area contributed by atoms with Gasteiger partial charge >= 0.3 is 0 Å². The highest BCUT2D eigenvalue weighted by Crippen LogP contribution is 2.47. The van der Waals surface area contributed by atoms with E-state index in [2.05, 4.69) is 217 Å². The van der Waals surface area contributed by atoms with Crippen molar-refractivity contribution in [1.82, 2.24) is 0 Å². The molecule has 2 nitrogen and oxygen atoms in total. The molecule has 2 heteroatoms. The third-order valence-corrected chi connectivity index (χ3v) is 11.2. The summed E-state index contributed by atoms with van der Waals surface area (Å²) in [4.78, 5) is 2.36. The Balaban J connectivity index is 1.15. The molecule has 0 aliphatic heterocycles. The molecule has 0 atom stereocenters. The van der Waals surface area contributed by atoms with Crippen LogP contribution in [0.1, 0.15) is 0 Å². The largest absolute Gasteiger partial charge is 0.455 e. The van der Waals surface area contributed by atoms with Crippen molar-refractivity contribution >= 4 is 71.3 Å². The third-order valence-electron chi connectivity index (χ3n) is 11.2. The van der Waals surface area contributed by atoms with Crippen LogP contribution in [0.15, 0.2) is 217 Å². The molecule has 0 unspecified atom stereocenters. The average molecular weight is 714 g/mol. The number of nitrogens with zero attached hydrogens (tertiary/aromatic N) is 1. The smallest absolute Gasteiger partial charge is 0.143 e. The molecule has 0 bridgehead atoms. The summed E-state index contributed by atoms with van der Waals surface area (Å²) in [6.45, 7) is 0. The number of rotatable bonds is 6. The van der Waals surface area contributed by atoms with E-state index in [9.17, 15) is 0 Å². The zero-order valence-electron chi connectivity index (χ0n) is 30.6. The number of para-hydroxylation sites is 1. The molecule has 0 radical (unpaired) electrons. The van der Waals surface area contributed by atoms with Crippen LogP contribution < -0.4 is 4.90 Å². The Kier molecular flexibility index (Phi) is 7.53. The van der Waals surface area contributed by atoms with Gasteiger partial charge in [-0.25, -0.2) is 0 Å². The molecule has 262 valence electrons. The quantitative estimate of drug-likeness (QED) is 0.160. The number of anilines is 3. The molecule has 0 fully saturated rings. The Hall–Kier alpha value is -7.42. The summed E-state index contributed by atoms with van der Waals surface area (Å²) in [7, 11) is 0. The SMILES string of the molecule is c1ccc(-c2ccc(N(c3ccc4c(c3)oc3c(-c5cc6ccccc6c6ccccc56)c5ccccc5cc34)c3ccccc3-c3ccccc3)cc2)cc1. The van der Waals surface area contributed by atoms with Crippen molar-refractivity contribution in [3.05, 3.63) is 212 Å². The number of fused-ring (bicyclic) bond motifs is 7. The molecule has 11 aromatic rings. The maximum absolute atomic E-state index is 7.13. The molecule has 1 heterocycles. The summed E-state index contributed by atoms with van der Waals surface area (Å²) in [6, 6.07) is 76.2. The molecule has 0 N–H and O–H groups in total. The molecule has 56 heavy (non-hydrogen) atoms. The van der Waals surface area contributed by atoms with Crippen LogP contribution in [0.3, 0.4) is 0 Å². The minimum absolute atomic E-state index is 0.849. The summed E-state index contributed by atoms with van der Waals surface area (Å²) in [6.07, 6.45) is 0. The van der Waals surface area contributed by atoms with E-state index in [1.54, 1.807) is 0 Å². The monoisotopic (exact) mass is 713 g/mol. The second-order valence-electron chi connectivity index (χ2n) is 14.5. The van der Waals surface area contributed by atoms with Gasteiger partial charge in [0.25, 0.3) is 0 Å². The Morgan fingerprint density at radius 2 is 0.893 bits per heavy atom. The first kappa shape index (κ1) is 32.0. The zero-order valence-corrected chi connectivity index (χ0v) is 30.6. The first-order chi connectivity index (χ1) is 27.8. The summed E-state index contributed by atoms with van der Waals surface area (Å²) in [5.41, 5.74) is 11.9. The molecule has 10 aromatic carbocycles. The number of hydrogen-bond acceptors (Lipinski definition) is 2. The van der Waals surface area contributed by atoms with E-state index in [1.165, 1.54) is 49.0 Å². The zero-order chi connectivity index (χ0) is 37.0. The van der Waals surface area contributed by atoms with Crippen LogP contribution in [0.2, 0.25) is 0 Å². The normalized spacial score (nSPS) is 11.6. The Morgan fingerprint density at radius 1 is 0.321 bits per heavy atom. The van der Waals surface area contributed by atoms with E-state index >= 15 is 0 Å². The predicted octanol–water partition coefficient (Wildman–Crippen LogP) is 15.5. The lowest BCUT2D eigenvalue weighted by atomic mass is 9.89. The van der Waals surface area contributed by atoms with Crippen LogP contribution in [0.25, 0.3) is 87.6 Å². The lowest BCUT2D eigenvalue weighted by molar-refractivity contribution is 0.670. The summed E-state index contributed by atoms with van der Waals surface area (Å²) >= 11 is 0. The van der Waals surface area contributed by atoms with Crippen LogP contribution in [-0.2, 0) is 0 Å². The first-order valence-corrected chi connectivity index (χ1v) is 19.2. The molecule has 0 saturated carbocycles. The molecule has 0 aliphatic rings. The van der Waals surface area contributed by atoms with Gasteiger partial charge < -0.3 is 9.32 Å². The summed E-state index contributed by atoms with van der Waals surface area (Å²) in [5, 5.41) is 9.50. The fraction of sp³-hybridized carbons (Fsp3) is 0. The number of hydrogen-bond donors (Lipinski definition) is 0. The molecular formula is C54H35NO. The van der Waals surface area contributed by atoms with E-state index in [0.717, 1.165) is 55.7 Å². The van der Waals surface area contributed by atoms with Crippen LogP contribution >= 0.6 is 0 Å². The molecule has 0 saturated heterocycles. The maximum atomic E-state index is 7.13. The Bertz CT molecular complexity index is 3230. The minimum Gasteiger partial charge on any atom is -0.455 e. The van der Waals surface area contributed by atoms with Gasteiger partial charge in [-0.1, -0.05) is 164 Å². The van der Waals surface area contributed by atoms with Gasteiger partial charge in [0.05, 0.1) is 5.69 Å². The molecular weight excluding hydrogens is 679 g/mol. The van der Waals surface area contributed by atoms with Crippen molar-refractivity contribution < 1.29 is 4.42 Å². The minimum atomic E-state index is 0.849. The molecule has 1 aromatic heterocycles. The van der Waals surface area contributed by atoms with Crippen LogP contribution in [0.5, 0.6) is 0 Å². The van der Waals surface area contributed by atoms with Gasteiger partial charge in [-0.05, 0) is 97.0 Å². The van der Waals surface area contributed by atoms with Gasteiger partial charge in [0, 0.05) is 39.3 Å². The Morgan fingerprint density at radius 3 is 1.66 bits per heavy atom. The number of furan rings is 1. The lowest BCUT2D eigenvalue weighted by Gasteiger charge is -2.28. The van der Waals surface area contributed by atoms with Crippen molar-refractivity contribution in [3.8, 4) is 33.4 Å². The molecule has 0 aliphatic carbocycles. The van der Waals surface area contributed by atoms with Gasteiger partial charge in [-0.3, -0.25) is 0 Å². The van der Waals surface area contributed by atoms with Crippen molar-refractivity contribution in [1.29, 1.82) is 0 Å². The topological polar surface area (TPSA) is 16.4 Å². The van der Waals surface area contributed by atoms with Crippen molar-refractivity contribution in [2.45, 2.75) is 0 Å². The second kappa shape index (κ2) is 13.2. The van der Waals surface area contributed by atoms with Crippen molar-refractivity contribution in [2.75, 3.05) is 4.90 Å². The van der Waals surface area contributed by atoms with Gasteiger partial charge in [-0.2, -0.15) is 0 Å². The maximum Gasteiger partial charge on any atom is 0.143 e. The van der Waals surface area contributed by atoms with Gasteiger partial charge in [0.2, 0.25) is 0 Å². The molecule has 11 rings (SSSR count). The number of benzene rings is 10. The fourth-order valence-corrected chi connectivity index (χ4v) is 8.62. The molecule has 0 amide bonds. The lowest BCUT2D eigenvalue weighted by Crippen LogP contribution is -2.11. The fourth-order valence-electron chi connectivity index (χ4n) is 8.62. The Labute approximate surface area is 325 Å². The highest BCUT2D eigenvalue weighted by atomic mass is 16.3. The van der Waals surface area contributed by atoms with E-state index in [4.69, 9.17) is 4.42 Å². The van der Waals surface area contributed by atoms with Crippen LogP contribution in [0.4, 0.5) is 17.1 Å². The van der Waals surface area contributed by atoms with E-state index in [0.29, 0.717) is 0 Å². The van der Waals surface area contributed by atoms with Gasteiger partial charge in [0.1, 0.15) is 11.2 Å². The first-order valence-electron chi connectivity index (χ1n) is 19.2. The van der Waals surface area contributed by atoms with E-state index < -0.39 is 0 Å². The van der Waals surface area contributed by atoms with Crippen molar-refractivity contribution in [3.63, 3.8) is 0 Å². The molecule has 0 spiro atoms. The summed E-state index contributed by atoms with van der Waals surface area (Å²) < 4.78 is 7.13. The van der Waals surface area contributed by atoms with Gasteiger partial charge in [0.15, 0.2) is 0 Å². The average Bonchev–Trinajstić information content (AvgIpc) is 3.64. The summed E-state index contributed by atoms with van der Waals surface area (Å²) in [5.74, 6) is 0. The van der Waals surface area contributed by atoms with Crippen LogP contribution in [-0.4, -0.2) is 0 Å².